The van der Waals surface area contributed by atoms with Crippen molar-refractivity contribution in [3.8, 4) is 11.1 Å². The Kier molecular flexibility index (Phi) is 4.93. The van der Waals surface area contributed by atoms with Crippen LogP contribution in [0.2, 0.25) is 5.02 Å². The molecule has 0 spiro atoms. The van der Waals surface area contributed by atoms with Crippen LogP contribution in [0.1, 0.15) is 30.9 Å². The topological polar surface area (TPSA) is 74.5 Å². The lowest BCUT2D eigenvalue weighted by Gasteiger charge is -2.15. The zero-order valence-corrected chi connectivity index (χ0v) is 17.0. The van der Waals surface area contributed by atoms with Gasteiger partial charge in [0.1, 0.15) is 0 Å². The van der Waals surface area contributed by atoms with Crippen molar-refractivity contribution in [1.82, 2.24) is 9.55 Å². The molecule has 2 atom stereocenters. The van der Waals surface area contributed by atoms with Crippen LogP contribution in [0.4, 0.5) is 11.4 Å². The zero-order valence-electron chi connectivity index (χ0n) is 16.3. The molecule has 0 aliphatic heterocycles. The van der Waals surface area contributed by atoms with Gasteiger partial charge in [-0.3, -0.25) is 9.78 Å². The van der Waals surface area contributed by atoms with Gasteiger partial charge in [-0.1, -0.05) is 11.6 Å². The molecule has 4 rings (SSSR count). The van der Waals surface area contributed by atoms with Crippen molar-refractivity contribution in [2.75, 3.05) is 12.8 Å². The molecule has 2 heterocycles. The maximum Gasteiger partial charge on any atom is 0.308 e. The van der Waals surface area contributed by atoms with Gasteiger partial charge in [-0.15, -0.1) is 0 Å². The van der Waals surface area contributed by atoms with E-state index < -0.39 is 0 Å². The highest BCUT2D eigenvalue weighted by Gasteiger charge is 2.32. The molecule has 0 bridgehead atoms. The molecule has 0 radical (unpaired) electrons. The molecule has 1 aliphatic rings. The molecule has 148 valence electrons. The fraction of sp³-hybridized carbons (Fsp3) is 0.318. The first-order valence-electron chi connectivity index (χ1n) is 9.44. The van der Waals surface area contributed by atoms with Gasteiger partial charge in [0.05, 0.1) is 36.5 Å². The number of nitrogens with two attached hydrogens (primary N) is 1. The lowest BCUT2D eigenvalue weighted by molar-refractivity contribution is -0.145. The highest BCUT2D eigenvalue weighted by atomic mass is 35.5. The van der Waals surface area contributed by atoms with Crippen LogP contribution >= 0.6 is 11.6 Å². The average Bonchev–Trinajstić information content (AvgIpc) is 3.33. The van der Waals surface area contributed by atoms with E-state index >= 15 is 0 Å². The van der Waals surface area contributed by atoms with Crippen molar-refractivity contribution in [2.45, 2.75) is 32.2 Å². The summed E-state index contributed by atoms with van der Waals surface area (Å²) in [7, 11) is 1.43. The van der Waals surface area contributed by atoms with Gasteiger partial charge in [-0.2, -0.15) is 0 Å². The molecule has 2 N–H and O–H groups in total. The van der Waals surface area contributed by atoms with E-state index in [1.54, 1.807) is 6.20 Å². The first-order chi connectivity index (χ1) is 13.9. The summed E-state index contributed by atoms with van der Waals surface area (Å²) in [6, 6.07) is 4.10. The van der Waals surface area contributed by atoms with Gasteiger partial charge < -0.3 is 15.0 Å². The van der Waals surface area contributed by atoms with E-state index in [2.05, 4.69) is 14.4 Å². The van der Waals surface area contributed by atoms with Gasteiger partial charge in [-0.05, 0) is 49.3 Å². The molecule has 1 fully saturated rings. The summed E-state index contributed by atoms with van der Waals surface area (Å²) in [6.07, 6.45) is 7.67. The number of aryl methyl sites for hydroxylation is 1. The largest absolute Gasteiger partial charge is 0.469 e. The second kappa shape index (κ2) is 7.41. The third-order valence-corrected chi connectivity index (χ3v) is 6.22. The third-order valence-electron chi connectivity index (χ3n) is 5.80. The van der Waals surface area contributed by atoms with Crippen LogP contribution in [0.5, 0.6) is 0 Å². The summed E-state index contributed by atoms with van der Waals surface area (Å²) in [5, 5.41) is 1.38. The van der Waals surface area contributed by atoms with Crippen LogP contribution in [0.15, 0.2) is 30.7 Å². The Hall–Kier alpha value is -3.04. The summed E-state index contributed by atoms with van der Waals surface area (Å²) < 4.78 is 7.14. The normalized spacial score (nSPS) is 18.7. The Bertz CT molecular complexity index is 1160. The van der Waals surface area contributed by atoms with E-state index in [0.29, 0.717) is 16.4 Å². The number of hydrogen-bond acceptors (Lipinski definition) is 4. The summed E-state index contributed by atoms with van der Waals surface area (Å²) in [6.45, 7) is 9.42. The third kappa shape index (κ3) is 3.22. The lowest BCUT2D eigenvalue weighted by Crippen LogP contribution is -2.13. The molecule has 2 unspecified atom stereocenters. The van der Waals surface area contributed by atoms with Gasteiger partial charge in [0.25, 0.3) is 0 Å². The van der Waals surface area contributed by atoms with Crippen LogP contribution in [-0.4, -0.2) is 22.6 Å². The number of aromatic nitrogens is 2. The van der Waals surface area contributed by atoms with Gasteiger partial charge in [0.15, 0.2) is 5.69 Å². The second-order valence-electron chi connectivity index (χ2n) is 7.49. The number of carbonyl (C=O) groups is 1. The molecule has 1 aliphatic carbocycles. The first-order valence-corrected chi connectivity index (χ1v) is 9.82. The molecule has 0 amide bonds. The Balaban J connectivity index is 1.90. The summed E-state index contributed by atoms with van der Waals surface area (Å²) in [4.78, 5) is 19.9. The Labute approximate surface area is 174 Å². The minimum atomic E-state index is -0.154. The van der Waals surface area contributed by atoms with Crippen LogP contribution in [0.25, 0.3) is 26.9 Å². The van der Waals surface area contributed by atoms with Crippen LogP contribution in [-0.2, 0) is 9.53 Å². The predicted molar refractivity (Wildman–Crippen MR) is 114 cm³/mol. The fourth-order valence-corrected chi connectivity index (χ4v) is 4.47. The van der Waals surface area contributed by atoms with Crippen molar-refractivity contribution in [2.24, 2.45) is 5.92 Å². The van der Waals surface area contributed by atoms with E-state index in [4.69, 9.17) is 28.6 Å². The molecule has 0 saturated heterocycles. The molecular weight excluding hydrogens is 388 g/mol. The maximum atomic E-state index is 12.0. The number of anilines is 1. The number of benzene rings is 1. The molecule has 2 aromatic heterocycles. The quantitative estimate of drug-likeness (QED) is 0.470. The number of hydrogen-bond donors (Lipinski definition) is 1. The van der Waals surface area contributed by atoms with Crippen molar-refractivity contribution >= 4 is 39.8 Å². The zero-order chi connectivity index (χ0) is 20.7. The van der Waals surface area contributed by atoms with E-state index in [0.717, 1.165) is 46.9 Å². The van der Waals surface area contributed by atoms with Crippen molar-refractivity contribution in [3.05, 3.63) is 52.7 Å². The predicted octanol–water partition coefficient (Wildman–Crippen LogP) is 5.31. The molecule has 1 saturated carbocycles. The van der Waals surface area contributed by atoms with E-state index in [-0.39, 0.29) is 17.9 Å². The molecule has 29 heavy (non-hydrogen) atoms. The number of esters is 1. The Morgan fingerprint density at radius 2 is 2.14 bits per heavy atom. The second-order valence-corrected chi connectivity index (χ2v) is 7.87. The summed E-state index contributed by atoms with van der Waals surface area (Å²) >= 11 is 6.49. The minimum absolute atomic E-state index is 0.0906. The van der Waals surface area contributed by atoms with Gasteiger partial charge in [0, 0.05) is 35.1 Å². The van der Waals surface area contributed by atoms with Gasteiger partial charge in [0.2, 0.25) is 0 Å². The Morgan fingerprint density at radius 3 is 2.86 bits per heavy atom. The number of ether oxygens (including phenoxy) is 1. The number of rotatable bonds is 3. The average molecular weight is 409 g/mol. The van der Waals surface area contributed by atoms with E-state index in [1.165, 1.54) is 13.3 Å². The number of halogens is 1. The maximum absolute atomic E-state index is 12.0. The number of fused-ring (bicyclic) bond motifs is 1. The monoisotopic (exact) mass is 408 g/mol. The minimum Gasteiger partial charge on any atom is -0.469 e. The van der Waals surface area contributed by atoms with E-state index in [9.17, 15) is 4.79 Å². The molecule has 6 nitrogen and oxygen atoms in total. The number of nitrogens with zero attached hydrogens (tertiary/aromatic N) is 3. The summed E-state index contributed by atoms with van der Waals surface area (Å²) in [5.41, 5.74) is 10.5. The summed E-state index contributed by atoms with van der Waals surface area (Å²) in [5.74, 6) is -0.245. The lowest BCUT2D eigenvalue weighted by atomic mass is 10.0. The van der Waals surface area contributed by atoms with E-state index in [1.807, 2.05) is 25.3 Å². The van der Waals surface area contributed by atoms with Crippen molar-refractivity contribution in [3.63, 3.8) is 0 Å². The fourth-order valence-electron chi connectivity index (χ4n) is 4.27. The number of methoxy groups -OCH3 is 1. The highest BCUT2D eigenvalue weighted by Crippen LogP contribution is 2.43. The molecular formula is C22H21ClN4O2. The standard InChI is InChI=1S/C22H21ClN4O2/c1-12-6-20-15(8-19(12)25-2)17(16-9-26-10-18(24)21(16)23)11-27(20)14-5-4-13(7-14)22(28)29-3/h6,8-11,13-14H,4-5,7,24H2,1,3H3. The smallest absolute Gasteiger partial charge is 0.308 e. The van der Waals surface area contributed by atoms with Gasteiger partial charge >= 0.3 is 5.97 Å². The van der Waals surface area contributed by atoms with Crippen LogP contribution in [0.3, 0.4) is 0 Å². The number of pyridine rings is 1. The molecule has 1 aromatic carbocycles. The highest BCUT2D eigenvalue weighted by molar-refractivity contribution is 6.36. The number of nitrogen functional groups attached to an aromatic ring is 1. The van der Waals surface area contributed by atoms with Crippen molar-refractivity contribution < 1.29 is 9.53 Å². The molecule has 3 aromatic rings. The molecule has 7 heteroatoms. The van der Waals surface area contributed by atoms with Crippen LogP contribution in [0, 0.1) is 19.4 Å². The Morgan fingerprint density at radius 1 is 1.34 bits per heavy atom. The first kappa shape index (κ1) is 19.3. The van der Waals surface area contributed by atoms with Crippen LogP contribution < -0.4 is 5.73 Å². The van der Waals surface area contributed by atoms with Gasteiger partial charge in [-0.25, -0.2) is 4.85 Å². The number of carbonyl (C=O) groups excluding carboxylic acids is 1. The SMILES string of the molecule is [C-]#[N+]c1cc2c(-c3cncc(N)c3Cl)cn(C3CCC(C(=O)OC)C3)c2cc1C. The van der Waals surface area contributed by atoms with Crippen molar-refractivity contribution in [1.29, 1.82) is 0 Å².